The van der Waals surface area contributed by atoms with Crippen molar-refractivity contribution < 1.29 is 24.5 Å². The van der Waals surface area contributed by atoms with E-state index in [1.165, 1.54) is 48.9 Å². The maximum Gasteiger partial charge on any atom is 0.136 e. The molecule has 0 aliphatic heterocycles. The molecule has 0 aliphatic carbocycles. The van der Waals surface area contributed by atoms with E-state index in [1.54, 1.807) is 6.20 Å². The Bertz CT molecular complexity index is 2710. The third-order valence-electron chi connectivity index (χ3n) is 9.29. The predicted molar refractivity (Wildman–Crippen MR) is 198 cm³/mol. The molecule has 0 amide bonds. The SMILES string of the molecule is CC(C)(C)c1ccc2oc3cc4c5cc(-c6ccccn6)[c-]cc5n5c6ccccc6c(c3c2c1)c45.[Ir].[c-]1ccccc1-c1ccccn1. The van der Waals surface area contributed by atoms with Crippen LogP contribution in [0.5, 0.6) is 0 Å². The van der Waals surface area contributed by atoms with E-state index in [0.29, 0.717) is 0 Å². The molecule has 0 N–H and O–H groups in total. The van der Waals surface area contributed by atoms with Gasteiger partial charge < -0.3 is 18.8 Å². The summed E-state index contributed by atoms with van der Waals surface area (Å²) in [6.07, 6.45) is 3.62. The van der Waals surface area contributed by atoms with Crippen LogP contribution in [0.25, 0.3) is 82.5 Å². The van der Waals surface area contributed by atoms with E-state index in [4.69, 9.17) is 4.42 Å². The molecule has 0 fully saturated rings. The summed E-state index contributed by atoms with van der Waals surface area (Å²) in [6, 6.07) is 48.2. The Morgan fingerprint density at radius 1 is 0.592 bits per heavy atom. The summed E-state index contributed by atoms with van der Waals surface area (Å²) in [7, 11) is 0. The predicted octanol–water partition coefficient (Wildman–Crippen LogP) is 11.4. The molecule has 1 radical (unpaired) electrons. The number of fused-ring (bicyclic) bond motifs is 10. The van der Waals surface area contributed by atoms with Crippen molar-refractivity contribution in [2.24, 2.45) is 0 Å². The second kappa shape index (κ2) is 12.0. The minimum Gasteiger partial charge on any atom is -0.456 e. The molecule has 10 aromatic rings. The van der Waals surface area contributed by atoms with Crippen molar-refractivity contribution >= 4 is 60.0 Å². The van der Waals surface area contributed by atoms with Crippen molar-refractivity contribution in [3.8, 4) is 22.5 Å². The third kappa shape index (κ3) is 5.09. The summed E-state index contributed by atoms with van der Waals surface area (Å²) in [5, 5.41) is 7.29. The van der Waals surface area contributed by atoms with Gasteiger partial charge in [0.15, 0.2) is 0 Å². The molecule has 239 valence electrons. The second-order valence-corrected chi connectivity index (χ2v) is 13.3. The molecule has 0 saturated carbocycles. The van der Waals surface area contributed by atoms with Gasteiger partial charge in [-0.1, -0.05) is 74.7 Å². The summed E-state index contributed by atoms with van der Waals surface area (Å²) in [4.78, 5) is 8.78. The van der Waals surface area contributed by atoms with Crippen LogP contribution in [0.15, 0.2) is 138 Å². The Morgan fingerprint density at radius 3 is 2.04 bits per heavy atom. The maximum absolute atomic E-state index is 6.51. The summed E-state index contributed by atoms with van der Waals surface area (Å²) in [5.74, 6) is 0. The second-order valence-electron chi connectivity index (χ2n) is 13.3. The molecule has 0 atom stereocenters. The zero-order valence-corrected chi connectivity index (χ0v) is 29.7. The van der Waals surface area contributed by atoms with Crippen LogP contribution in [0.4, 0.5) is 0 Å². The summed E-state index contributed by atoms with van der Waals surface area (Å²) >= 11 is 0. The van der Waals surface area contributed by atoms with Gasteiger partial charge in [0.05, 0.1) is 5.52 Å². The zero-order valence-electron chi connectivity index (χ0n) is 27.3. The number of pyridine rings is 2. The van der Waals surface area contributed by atoms with Gasteiger partial charge in [-0.05, 0) is 69.7 Å². The molecule has 5 aromatic heterocycles. The van der Waals surface area contributed by atoms with Gasteiger partial charge in [0, 0.05) is 59.6 Å². The molecule has 0 saturated heterocycles. The van der Waals surface area contributed by atoms with Gasteiger partial charge in [-0.25, -0.2) is 0 Å². The number of aromatic nitrogens is 3. The maximum atomic E-state index is 6.51. The van der Waals surface area contributed by atoms with Gasteiger partial charge in [0.25, 0.3) is 0 Å². The zero-order chi connectivity index (χ0) is 32.4. The average Bonchev–Trinajstić information content (AvgIpc) is 3.78. The summed E-state index contributed by atoms with van der Waals surface area (Å²) < 4.78 is 8.92. The monoisotopic (exact) mass is 810 g/mol. The number of para-hydroxylation sites is 1. The van der Waals surface area contributed by atoms with Crippen LogP contribution in [-0.2, 0) is 25.5 Å². The molecule has 10 rings (SSSR count). The minimum absolute atomic E-state index is 0. The van der Waals surface area contributed by atoms with Crippen molar-refractivity contribution in [1.82, 2.24) is 14.4 Å². The van der Waals surface area contributed by atoms with Crippen LogP contribution in [0.1, 0.15) is 26.3 Å². The van der Waals surface area contributed by atoms with Gasteiger partial charge in [0.1, 0.15) is 11.2 Å². The van der Waals surface area contributed by atoms with Crippen LogP contribution in [0, 0.1) is 12.1 Å². The van der Waals surface area contributed by atoms with Gasteiger partial charge in [-0.3, -0.25) is 0 Å². The van der Waals surface area contributed by atoms with Crippen LogP contribution >= 0.6 is 0 Å². The van der Waals surface area contributed by atoms with E-state index in [-0.39, 0.29) is 25.5 Å². The number of benzene rings is 5. The van der Waals surface area contributed by atoms with Crippen molar-refractivity contribution in [3.05, 3.63) is 151 Å². The Morgan fingerprint density at radius 2 is 1.33 bits per heavy atom. The minimum atomic E-state index is 0. The molecule has 0 bridgehead atoms. The molecule has 5 heteroatoms. The van der Waals surface area contributed by atoms with Crippen molar-refractivity contribution in [2.45, 2.75) is 26.2 Å². The number of rotatable bonds is 2. The quantitative estimate of drug-likeness (QED) is 0.163. The molecule has 5 aromatic carbocycles. The Balaban J connectivity index is 0.000000228. The first-order valence-corrected chi connectivity index (χ1v) is 16.2. The van der Waals surface area contributed by atoms with E-state index in [1.807, 2.05) is 66.9 Å². The number of nitrogens with zero attached hydrogens (tertiary/aromatic N) is 3. The van der Waals surface area contributed by atoms with Gasteiger partial charge >= 0.3 is 0 Å². The van der Waals surface area contributed by atoms with Crippen LogP contribution in [0.2, 0.25) is 0 Å². The first-order valence-electron chi connectivity index (χ1n) is 16.2. The molecule has 0 unspecified atom stereocenters. The summed E-state index contributed by atoms with van der Waals surface area (Å²) in [5.41, 5.74) is 10.8. The van der Waals surface area contributed by atoms with E-state index in [9.17, 15) is 0 Å². The van der Waals surface area contributed by atoms with Crippen LogP contribution in [-0.4, -0.2) is 14.4 Å². The smallest absolute Gasteiger partial charge is 0.136 e. The Labute approximate surface area is 297 Å². The first kappa shape index (κ1) is 30.9. The molecular formula is C44H31IrN3O-2. The molecule has 0 aliphatic rings. The van der Waals surface area contributed by atoms with Gasteiger partial charge in [-0.2, -0.15) is 0 Å². The first-order chi connectivity index (χ1) is 23.5. The van der Waals surface area contributed by atoms with E-state index in [2.05, 4.69) is 108 Å². The molecule has 49 heavy (non-hydrogen) atoms. The number of hydrogen-bond acceptors (Lipinski definition) is 3. The van der Waals surface area contributed by atoms with E-state index < -0.39 is 0 Å². The molecule has 0 spiro atoms. The largest absolute Gasteiger partial charge is 0.456 e. The van der Waals surface area contributed by atoms with Gasteiger partial charge in [0.2, 0.25) is 0 Å². The average molecular weight is 810 g/mol. The topological polar surface area (TPSA) is 43.3 Å². The van der Waals surface area contributed by atoms with Crippen LogP contribution in [0.3, 0.4) is 0 Å². The van der Waals surface area contributed by atoms with Gasteiger partial charge in [-0.15, -0.1) is 59.7 Å². The number of hydrogen-bond donors (Lipinski definition) is 0. The van der Waals surface area contributed by atoms with Crippen molar-refractivity contribution in [3.63, 3.8) is 0 Å². The molecular weight excluding hydrogens is 779 g/mol. The number of furan rings is 1. The fourth-order valence-electron chi connectivity index (χ4n) is 6.97. The summed E-state index contributed by atoms with van der Waals surface area (Å²) in [6.45, 7) is 6.78. The normalized spacial score (nSPS) is 11.8. The van der Waals surface area contributed by atoms with E-state index >= 15 is 0 Å². The third-order valence-corrected chi connectivity index (χ3v) is 9.29. The molecule has 4 nitrogen and oxygen atoms in total. The molecule has 5 heterocycles. The fraction of sp³-hybridized carbons (Fsp3) is 0.0909. The van der Waals surface area contributed by atoms with Crippen LogP contribution < -0.4 is 0 Å². The standard InChI is InChI=1S/C33H23N2O.C11H8N.Ir/c1-33(2,3)20-12-14-28-24(17-20)30-29(36-28)18-23-22-16-19(25-9-6-7-15-34-25)11-13-27(22)35-26-10-5-4-8-21(26)31(30)32(23)35;1-2-6-10(7-3-1)11-8-4-5-9-12-11;/h4-10,12-18H,1-3H3;1-6,8-9H;/q2*-1;. The fourth-order valence-corrected chi connectivity index (χ4v) is 6.97. The van der Waals surface area contributed by atoms with E-state index in [0.717, 1.165) is 39.2 Å². The Kier molecular flexibility index (Phi) is 7.55. The van der Waals surface area contributed by atoms with Crippen molar-refractivity contribution in [2.75, 3.05) is 0 Å². The van der Waals surface area contributed by atoms with Crippen molar-refractivity contribution in [1.29, 1.82) is 0 Å². The Hall–Kier alpha value is -5.35.